The highest BCUT2D eigenvalue weighted by atomic mass is 16.5. The summed E-state index contributed by atoms with van der Waals surface area (Å²) in [4.78, 5) is 4.24. The number of aliphatic hydroxyl groups is 1. The van der Waals surface area contributed by atoms with Crippen molar-refractivity contribution in [2.24, 2.45) is 0 Å². The molecule has 2 aliphatic rings. The molecule has 1 aromatic heterocycles. The van der Waals surface area contributed by atoms with Crippen LogP contribution < -0.4 is 0 Å². The molecule has 4 heteroatoms. The summed E-state index contributed by atoms with van der Waals surface area (Å²) in [6.07, 6.45) is 4.89. The molecule has 0 aliphatic carbocycles. The highest BCUT2D eigenvalue weighted by molar-refractivity contribution is 5.69. The van der Waals surface area contributed by atoms with Crippen LogP contribution in [0.4, 0.5) is 0 Å². The molecule has 3 atom stereocenters. The van der Waals surface area contributed by atoms with E-state index >= 15 is 0 Å². The van der Waals surface area contributed by atoms with Crippen LogP contribution in [0.1, 0.15) is 24.4 Å². The van der Waals surface area contributed by atoms with Crippen LogP contribution in [0.15, 0.2) is 36.8 Å². The van der Waals surface area contributed by atoms with Crippen molar-refractivity contribution in [3.8, 4) is 11.3 Å². The van der Waals surface area contributed by atoms with E-state index in [-0.39, 0.29) is 12.1 Å². The van der Waals surface area contributed by atoms with Crippen LogP contribution in [0, 0.1) is 0 Å². The summed E-state index contributed by atoms with van der Waals surface area (Å²) in [5, 5.41) is 10.3. The monoisotopic (exact) mass is 256 g/mol. The fourth-order valence-corrected chi connectivity index (χ4v) is 3.30. The maximum Gasteiger partial charge on any atom is 0.108 e. The van der Waals surface area contributed by atoms with Gasteiger partial charge in [-0.05, 0) is 18.4 Å². The molecule has 2 aromatic rings. The summed E-state index contributed by atoms with van der Waals surface area (Å²) in [7, 11) is 0. The van der Waals surface area contributed by atoms with Crippen molar-refractivity contribution in [1.82, 2.24) is 9.55 Å². The molecular weight excluding hydrogens is 240 g/mol. The molecule has 19 heavy (non-hydrogen) atoms. The summed E-state index contributed by atoms with van der Waals surface area (Å²) in [6, 6.07) is 8.36. The molecule has 0 spiro atoms. The van der Waals surface area contributed by atoms with E-state index in [0.29, 0.717) is 0 Å². The predicted molar refractivity (Wildman–Crippen MR) is 70.8 cm³/mol. The summed E-state index contributed by atoms with van der Waals surface area (Å²) in [5.41, 5.74) is 3.54. The molecule has 98 valence electrons. The molecule has 3 heterocycles. The zero-order valence-corrected chi connectivity index (χ0v) is 10.6. The Morgan fingerprint density at radius 2 is 2.21 bits per heavy atom. The van der Waals surface area contributed by atoms with E-state index < -0.39 is 6.10 Å². The summed E-state index contributed by atoms with van der Waals surface area (Å²) in [5.74, 6) is 0. The first-order valence-corrected chi connectivity index (χ1v) is 6.77. The zero-order chi connectivity index (χ0) is 12.8. The Kier molecular flexibility index (Phi) is 2.47. The minimum atomic E-state index is -0.403. The molecular formula is C15H16N2O2. The molecule has 0 saturated carbocycles. The van der Waals surface area contributed by atoms with Crippen molar-refractivity contribution in [1.29, 1.82) is 0 Å². The van der Waals surface area contributed by atoms with Crippen LogP contribution in [-0.4, -0.2) is 33.5 Å². The lowest BCUT2D eigenvalue weighted by atomic mass is 9.93. The van der Waals surface area contributed by atoms with E-state index in [1.165, 1.54) is 11.1 Å². The third-order valence-electron chi connectivity index (χ3n) is 4.17. The quantitative estimate of drug-likeness (QED) is 0.849. The normalized spacial score (nSPS) is 29.0. The molecule has 0 radical (unpaired) electrons. The SMILES string of the molecule is OC1CCCOC1[C@@H]1c2ccccc2-c2cncn21. The van der Waals surface area contributed by atoms with Gasteiger partial charge >= 0.3 is 0 Å². The molecule has 0 amide bonds. The molecule has 4 rings (SSSR count). The molecule has 1 N–H and O–H groups in total. The Morgan fingerprint density at radius 3 is 3.11 bits per heavy atom. The number of hydrogen-bond donors (Lipinski definition) is 1. The topological polar surface area (TPSA) is 47.3 Å². The second-order valence-electron chi connectivity index (χ2n) is 5.26. The number of hydrogen-bond acceptors (Lipinski definition) is 3. The summed E-state index contributed by atoms with van der Waals surface area (Å²) >= 11 is 0. The van der Waals surface area contributed by atoms with Crippen LogP contribution >= 0.6 is 0 Å². The maximum absolute atomic E-state index is 10.3. The van der Waals surface area contributed by atoms with Crippen LogP contribution in [0.25, 0.3) is 11.3 Å². The van der Waals surface area contributed by atoms with Crippen LogP contribution in [0.5, 0.6) is 0 Å². The summed E-state index contributed by atoms with van der Waals surface area (Å²) < 4.78 is 7.99. The molecule has 2 unspecified atom stereocenters. The number of nitrogens with zero attached hydrogens (tertiary/aromatic N) is 2. The number of aromatic nitrogens is 2. The third kappa shape index (κ3) is 1.57. The van der Waals surface area contributed by atoms with Crippen molar-refractivity contribution in [3.05, 3.63) is 42.4 Å². The maximum atomic E-state index is 10.3. The first-order chi connectivity index (χ1) is 9.36. The van der Waals surface area contributed by atoms with Crippen LogP contribution in [-0.2, 0) is 4.74 Å². The predicted octanol–water partition coefficient (Wildman–Crippen LogP) is 1.99. The average molecular weight is 256 g/mol. The van der Waals surface area contributed by atoms with Gasteiger partial charge in [0.1, 0.15) is 6.10 Å². The lowest BCUT2D eigenvalue weighted by Crippen LogP contribution is -2.40. The fraction of sp³-hybridized carbons (Fsp3) is 0.400. The van der Waals surface area contributed by atoms with E-state index in [4.69, 9.17) is 4.74 Å². The number of imidazole rings is 1. The van der Waals surface area contributed by atoms with E-state index in [1.807, 2.05) is 24.7 Å². The van der Waals surface area contributed by atoms with Gasteiger partial charge in [-0.25, -0.2) is 4.98 Å². The van der Waals surface area contributed by atoms with E-state index in [9.17, 15) is 5.11 Å². The van der Waals surface area contributed by atoms with Crippen molar-refractivity contribution in [2.75, 3.05) is 6.61 Å². The Balaban J connectivity index is 1.84. The first-order valence-electron chi connectivity index (χ1n) is 6.77. The van der Waals surface area contributed by atoms with E-state index in [1.54, 1.807) is 0 Å². The Morgan fingerprint density at radius 1 is 1.32 bits per heavy atom. The van der Waals surface area contributed by atoms with Crippen molar-refractivity contribution in [2.45, 2.75) is 31.1 Å². The van der Waals surface area contributed by atoms with Gasteiger partial charge in [-0.15, -0.1) is 0 Å². The second-order valence-corrected chi connectivity index (χ2v) is 5.26. The standard InChI is InChI=1S/C15H16N2O2/c18-13-6-3-7-19-15(13)14-11-5-2-1-4-10(11)12-8-16-9-17(12)14/h1-2,4-5,8-9,13-15,18H,3,6-7H2/t13?,14-,15?/m0/s1. The molecule has 0 bridgehead atoms. The molecule has 1 aromatic carbocycles. The number of ether oxygens (including phenoxy) is 1. The lowest BCUT2D eigenvalue weighted by Gasteiger charge is -2.33. The van der Waals surface area contributed by atoms with Gasteiger partial charge in [0.15, 0.2) is 0 Å². The second kappa shape index (κ2) is 4.18. The molecule has 1 saturated heterocycles. The van der Waals surface area contributed by atoms with Crippen molar-refractivity contribution >= 4 is 0 Å². The van der Waals surface area contributed by atoms with Gasteiger partial charge in [0, 0.05) is 12.2 Å². The number of benzene rings is 1. The van der Waals surface area contributed by atoms with Crippen LogP contribution in [0.3, 0.4) is 0 Å². The fourth-order valence-electron chi connectivity index (χ4n) is 3.30. The van der Waals surface area contributed by atoms with Gasteiger partial charge in [0.2, 0.25) is 0 Å². The smallest absolute Gasteiger partial charge is 0.108 e. The van der Waals surface area contributed by atoms with Gasteiger partial charge in [-0.3, -0.25) is 0 Å². The van der Waals surface area contributed by atoms with Crippen LogP contribution in [0.2, 0.25) is 0 Å². The third-order valence-corrected chi connectivity index (χ3v) is 4.17. The summed E-state index contributed by atoms with van der Waals surface area (Å²) in [6.45, 7) is 0.727. The minimum absolute atomic E-state index is 0.0454. The zero-order valence-electron chi connectivity index (χ0n) is 10.6. The molecule has 2 aliphatic heterocycles. The Bertz CT molecular complexity index is 608. The van der Waals surface area contributed by atoms with E-state index in [2.05, 4.69) is 21.7 Å². The minimum Gasteiger partial charge on any atom is -0.390 e. The first kappa shape index (κ1) is 11.2. The number of rotatable bonds is 1. The highest BCUT2D eigenvalue weighted by Crippen LogP contribution is 2.43. The van der Waals surface area contributed by atoms with Crippen molar-refractivity contribution < 1.29 is 9.84 Å². The van der Waals surface area contributed by atoms with E-state index in [0.717, 1.165) is 25.1 Å². The van der Waals surface area contributed by atoms with Crippen molar-refractivity contribution in [3.63, 3.8) is 0 Å². The lowest BCUT2D eigenvalue weighted by molar-refractivity contribution is -0.0892. The Labute approximate surface area is 111 Å². The van der Waals surface area contributed by atoms with Gasteiger partial charge < -0.3 is 14.4 Å². The average Bonchev–Trinajstić information content (AvgIpc) is 3.00. The Hall–Kier alpha value is -1.65. The highest BCUT2D eigenvalue weighted by Gasteiger charge is 2.39. The molecule has 1 fully saturated rings. The molecule has 4 nitrogen and oxygen atoms in total. The van der Waals surface area contributed by atoms with Gasteiger partial charge in [-0.1, -0.05) is 24.3 Å². The number of aliphatic hydroxyl groups excluding tert-OH is 1. The van der Waals surface area contributed by atoms with Gasteiger partial charge in [0.05, 0.1) is 30.4 Å². The van der Waals surface area contributed by atoms with Gasteiger partial charge in [0.25, 0.3) is 0 Å². The van der Waals surface area contributed by atoms with Gasteiger partial charge in [-0.2, -0.15) is 0 Å². The number of fused-ring (bicyclic) bond motifs is 3. The largest absolute Gasteiger partial charge is 0.390 e.